The van der Waals surface area contributed by atoms with Crippen molar-refractivity contribution >= 4 is 21.8 Å². The van der Waals surface area contributed by atoms with Crippen LogP contribution in [-0.4, -0.2) is 58.5 Å². The molecule has 1 atom stereocenters. The summed E-state index contributed by atoms with van der Waals surface area (Å²) in [4.78, 5) is 13.8. The lowest BCUT2D eigenvalue weighted by molar-refractivity contribution is -0.117. The molecule has 1 saturated heterocycles. The molecule has 2 heterocycles. The number of anilines is 1. The first-order valence-electron chi connectivity index (χ1n) is 7.26. The molecule has 1 fully saturated rings. The Bertz CT molecular complexity index is 719. The molecule has 0 radical (unpaired) electrons. The van der Waals surface area contributed by atoms with E-state index in [0.717, 1.165) is 4.31 Å². The van der Waals surface area contributed by atoms with Crippen molar-refractivity contribution in [3.63, 3.8) is 0 Å². The van der Waals surface area contributed by atoms with E-state index in [1.54, 1.807) is 23.1 Å². The van der Waals surface area contributed by atoms with E-state index in [4.69, 9.17) is 9.47 Å². The van der Waals surface area contributed by atoms with Crippen LogP contribution < -0.4 is 19.1 Å². The number of fused-ring (bicyclic) bond motifs is 1. The monoisotopic (exact) mass is 341 g/mol. The summed E-state index contributed by atoms with van der Waals surface area (Å²) in [5, 5.41) is 0. The van der Waals surface area contributed by atoms with E-state index < -0.39 is 16.3 Å². The van der Waals surface area contributed by atoms with Gasteiger partial charge in [-0.2, -0.15) is 17.4 Å². The van der Waals surface area contributed by atoms with E-state index in [-0.39, 0.29) is 18.9 Å². The van der Waals surface area contributed by atoms with Gasteiger partial charge >= 0.3 is 0 Å². The van der Waals surface area contributed by atoms with Crippen molar-refractivity contribution in [2.24, 2.45) is 0 Å². The van der Waals surface area contributed by atoms with Crippen LogP contribution in [0, 0.1) is 0 Å². The Morgan fingerprint density at radius 2 is 1.91 bits per heavy atom. The fourth-order valence-corrected chi connectivity index (χ4v) is 3.34. The molecule has 9 heteroatoms. The molecule has 1 aromatic rings. The van der Waals surface area contributed by atoms with Gasteiger partial charge in [-0.1, -0.05) is 0 Å². The highest BCUT2D eigenvalue weighted by Crippen LogP contribution is 2.35. The Hall–Kier alpha value is -1.84. The number of carbonyl (C=O) groups excluding carboxylic acids is 1. The van der Waals surface area contributed by atoms with E-state index in [9.17, 15) is 13.2 Å². The molecule has 0 bridgehead atoms. The average molecular weight is 341 g/mol. The number of carbonyl (C=O) groups is 1. The third-order valence-electron chi connectivity index (χ3n) is 3.76. The fraction of sp³-hybridized carbons (Fsp3) is 0.500. The van der Waals surface area contributed by atoms with Crippen LogP contribution in [0.2, 0.25) is 0 Å². The van der Waals surface area contributed by atoms with E-state index in [1.807, 2.05) is 0 Å². The molecule has 126 valence electrons. The number of hydrogen-bond donors (Lipinski definition) is 1. The highest BCUT2D eigenvalue weighted by molar-refractivity contribution is 7.87. The number of benzene rings is 1. The van der Waals surface area contributed by atoms with Crippen molar-refractivity contribution < 1.29 is 22.7 Å². The van der Waals surface area contributed by atoms with Crippen molar-refractivity contribution in [2.45, 2.75) is 12.5 Å². The van der Waals surface area contributed by atoms with Crippen molar-refractivity contribution in [1.82, 2.24) is 9.03 Å². The molecule has 3 rings (SSSR count). The Kier molecular flexibility index (Phi) is 4.17. The molecule has 2 aliphatic rings. The summed E-state index contributed by atoms with van der Waals surface area (Å²) in [5.41, 5.74) is 0.672. The van der Waals surface area contributed by atoms with Gasteiger partial charge in [0.1, 0.15) is 13.2 Å². The normalized spacial score (nSPS) is 21.1. The molecule has 2 aliphatic heterocycles. The molecule has 0 saturated carbocycles. The van der Waals surface area contributed by atoms with Crippen LogP contribution in [0.3, 0.4) is 0 Å². The summed E-state index contributed by atoms with van der Waals surface area (Å²) in [7, 11) is -0.681. The van der Waals surface area contributed by atoms with Gasteiger partial charge in [0.05, 0.1) is 0 Å². The molecule has 1 amide bonds. The van der Waals surface area contributed by atoms with Crippen molar-refractivity contribution in [3.8, 4) is 11.5 Å². The lowest BCUT2D eigenvalue weighted by Crippen LogP contribution is -2.43. The first-order chi connectivity index (χ1) is 10.9. The van der Waals surface area contributed by atoms with Gasteiger partial charge < -0.3 is 14.4 Å². The lowest BCUT2D eigenvalue weighted by Gasteiger charge is -2.22. The van der Waals surface area contributed by atoms with Gasteiger partial charge in [0, 0.05) is 44.9 Å². The van der Waals surface area contributed by atoms with Crippen LogP contribution in [-0.2, 0) is 15.0 Å². The number of nitrogens with zero attached hydrogens (tertiary/aromatic N) is 2. The first-order valence-corrected chi connectivity index (χ1v) is 8.70. The topological polar surface area (TPSA) is 88.2 Å². The molecule has 0 aromatic heterocycles. The minimum atomic E-state index is -3.57. The Labute approximate surface area is 135 Å². The number of rotatable bonds is 4. The average Bonchev–Trinajstić information content (AvgIpc) is 2.86. The second-order valence-corrected chi connectivity index (χ2v) is 7.55. The summed E-state index contributed by atoms with van der Waals surface area (Å²) < 4.78 is 38.3. The molecule has 8 nitrogen and oxygen atoms in total. The highest BCUT2D eigenvalue weighted by Gasteiger charge is 2.34. The fourth-order valence-electron chi connectivity index (χ4n) is 2.55. The van der Waals surface area contributed by atoms with Gasteiger partial charge in [-0.15, -0.1) is 0 Å². The third-order valence-corrected chi connectivity index (χ3v) is 5.35. The van der Waals surface area contributed by atoms with Gasteiger partial charge in [0.15, 0.2) is 11.5 Å². The summed E-state index contributed by atoms with van der Waals surface area (Å²) >= 11 is 0. The largest absolute Gasteiger partial charge is 0.486 e. The Morgan fingerprint density at radius 1 is 1.22 bits per heavy atom. The second-order valence-electron chi connectivity index (χ2n) is 5.64. The molecule has 0 spiro atoms. The predicted molar refractivity (Wildman–Crippen MR) is 83.9 cm³/mol. The van der Waals surface area contributed by atoms with Gasteiger partial charge in [0.25, 0.3) is 10.2 Å². The second kappa shape index (κ2) is 5.99. The predicted octanol–water partition coefficient (Wildman–Crippen LogP) is -0.0409. The molecule has 0 aliphatic carbocycles. The zero-order chi connectivity index (χ0) is 16.6. The Balaban J connectivity index is 1.76. The Morgan fingerprint density at radius 3 is 2.61 bits per heavy atom. The van der Waals surface area contributed by atoms with Crippen molar-refractivity contribution in [3.05, 3.63) is 18.2 Å². The summed E-state index contributed by atoms with van der Waals surface area (Å²) in [6.45, 7) is 1.25. The van der Waals surface area contributed by atoms with Crippen LogP contribution in [0.4, 0.5) is 5.69 Å². The number of hydrogen-bond acceptors (Lipinski definition) is 5. The molecule has 23 heavy (non-hydrogen) atoms. The van der Waals surface area contributed by atoms with Crippen LogP contribution >= 0.6 is 0 Å². The zero-order valence-corrected chi connectivity index (χ0v) is 13.8. The zero-order valence-electron chi connectivity index (χ0n) is 13.0. The minimum absolute atomic E-state index is 0.126. The molecular formula is C14H19N3O5S. The van der Waals surface area contributed by atoms with Crippen molar-refractivity contribution in [1.29, 1.82) is 0 Å². The molecule has 1 aromatic carbocycles. The summed E-state index contributed by atoms with van der Waals surface area (Å²) in [6.07, 6.45) is 0.126. The number of amides is 1. The smallest absolute Gasteiger partial charge is 0.279 e. The maximum atomic E-state index is 12.2. The van der Waals surface area contributed by atoms with Gasteiger partial charge in [-0.3, -0.25) is 4.79 Å². The summed E-state index contributed by atoms with van der Waals surface area (Å²) in [6, 6.07) is 4.82. The van der Waals surface area contributed by atoms with E-state index in [1.165, 1.54) is 14.1 Å². The maximum absolute atomic E-state index is 12.2. The number of ether oxygens (including phenoxy) is 2. The number of nitrogens with one attached hydrogen (secondary N) is 1. The van der Waals surface area contributed by atoms with Crippen molar-refractivity contribution in [2.75, 3.05) is 38.8 Å². The first kappa shape index (κ1) is 16.0. The highest BCUT2D eigenvalue weighted by atomic mass is 32.2. The van der Waals surface area contributed by atoms with Gasteiger partial charge in [0.2, 0.25) is 5.91 Å². The van der Waals surface area contributed by atoms with Gasteiger partial charge in [-0.05, 0) is 12.1 Å². The van der Waals surface area contributed by atoms with Gasteiger partial charge in [-0.25, -0.2) is 0 Å². The SMILES string of the molecule is CN(C)S(=O)(=O)NC1CC(=O)N(c2ccc3c(c2)OCCO3)C1. The van der Waals surface area contributed by atoms with Crippen LogP contribution in [0.25, 0.3) is 0 Å². The lowest BCUT2D eigenvalue weighted by atomic mass is 10.2. The van der Waals surface area contributed by atoms with Crippen LogP contribution in [0.15, 0.2) is 18.2 Å². The third kappa shape index (κ3) is 3.26. The molecule has 1 unspecified atom stereocenters. The van der Waals surface area contributed by atoms with Crippen LogP contribution in [0.1, 0.15) is 6.42 Å². The van der Waals surface area contributed by atoms with E-state index in [0.29, 0.717) is 30.4 Å². The molecular weight excluding hydrogens is 322 g/mol. The van der Waals surface area contributed by atoms with E-state index in [2.05, 4.69) is 4.72 Å². The quantitative estimate of drug-likeness (QED) is 0.830. The molecule has 1 N–H and O–H groups in total. The summed E-state index contributed by atoms with van der Waals surface area (Å²) in [5.74, 6) is 1.11. The van der Waals surface area contributed by atoms with Crippen LogP contribution in [0.5, 0.6) is 11.5 Å². The minimum Gasteiger partial charge on any atom is -0.486 e. The van der Waals surface area contributed by atoms with E-state index >= 15 is 0 Å². The standard InChI is InChI=1S/C14H19N3O5S/c1-16(2)23(19,20)15-10-7-14(18)17(9-10)11-3-4-12-13(8-11)22-6-5-21-12/h3-4,8,10,15H,5-7,9H2,1-2H3. The maximum Gasteiger partial charge on any atom is 0.279 e.